The summed E-state index contributed by atoms with van der Waals surface area (Å²) in [4.78, 5) is 6.16. The van der Waals surface area contributed by atoms with Gasteiger partial charge in [-0.05, 0) is 12.1 Å². The molecule has 0 spiro atoms. The number of aromatic nitrogens is 2. The Morgan fingerprint density at radius 3 is 2.37 bits per heavy atom. The third kappa shape index (κ3) is 2.61. The topological polar surface area (TPSA) is 51.8 Å². The number of nitrogens with zero attached hydrogens (tertiary/aromatic N) is 2. The van der Waals surface area contributed by atoms with Gasteiger partial charge in [-0.1, -0.05) is 6.07 Å². The molecule has 100 valence electrons. The molecule has 1 aromatic heterocycles. The highest BCUT2D eigenvalue weighted by molar-refractivity contribution is 5.62. The van der Waals surface area contributed by atoms with Crippen LogP contribution in [0.5, 0.6) is 0 Å². The van der Waals surface area contributed by atoms with Crippen LogP contribution in [0.1, 0.15) is 5.82 Å². The summed E-state index contributed by atoms with van der Waals surface area (Å²) < 4.78 is 64.0. The lowest BCUT2D eigenvalue weighted by atomic mass is 10.1. The molecule has 0 atom stereocenters. The molecule has 0 unspecified atom stereocenters. The average Bonchev–Trinajstić information content (AvgIpc) is 2.31. The molecular weight excluding hydrogens is 269 g/mol. The van der Waals surface area contributed by atoms with E-state index in [0.717, 1.165) is 24.3 Å². The molecule has 0 amide bonds. The van der Waals surface area contributed by atoms with Crippen molar-refractivity contribution >= 4 is 5.82 Å². The number of alkyl halides is 3. The van der Waals surface area contributed by atoms with E-state index in [2.05, 4.69) is 9.97 Å². The predicted molar refractivity (Wildman–Crippen MR) is 56.8 cm³/mol. The summed E-state index contributed by atoms with van der Waals surface area (Å²) in [7, 11) is 0. The standard InChI is InChI=1S/C11H6F5N3/c12-6-3-1-2-5(9(6)13)7-4-8(17)19-10(18-7)11(14,15)16/h1-4H,(H2,17,18,19). The van der Waals surface area contributed by atoms with Crippen molar-refractivity contribution in [2.45, 2.75) is 6.18 Å². The van der Waals surface area contributed by atoms with Crippen molar-refractivity contribution in [2.24, 2.45) is 0 Å². The predicted octanol–water partition coefficient (Wildman–Crippen LogP) is 3.02. The maximum absolute atomic E-state index is 13.5. The highest BCUT2D eigenvalue weighted by atomic mass is 19.4. The SMILES string of the molecule is Nc1cc(-c2cccc(F)c2F)nc(C(F)(F)F)n1. The molecule has 0 aliphatic carbocycles. The van der Waals surface area contributed by atoms with Gasteiger partial charge in [-0.25, -0.2) is 18.7 Å². The molecule has 8 heteroatoms. The lowest BCUT2D eigenvalue weighted by Gasteiger charge is -2.09. The van der Waals surface area contributed by atoms with Crippen molar-refractivity contribution < 1.29 is 22.0 Å². The number of hydrogen-bond donors (Lipinski definition) is 1. The molecule has 19 heavy (non-hydrogen) atoms. The van der Waals surface area contributed by atoms with Gasteiger partial charge in [0.15, 0.2) is 11.6 Å². The van der Waals surface area contributed by atoms with Crippen molar-refractivity contribution in [1.29, 1.82) is 0 Å². The molecule has 2 aromatic rings. The first-order valence-electron chi connectivity index (χ1n) is 4.95. The van der Waals surface area contributed by atoms with E-state index >= 15 is 0 Å². The first-order valence-corrected chi connectivity index (χ1v) is 4.95. The van der Waals surface area contributed by atoms with Gasteiger partial charge >= 0.3 is 6.18 Å². The third-order valence-electron chi connectivity index (χ3n) is 2.23. The summed E-state index contributed by atoms with van der Waals surface area (Å²) in [5, 5.41) is 0. The van der Waals surface area contributed by atoms with Gasteiger partial charge in [0.1, 0.15) is 5.82 Å². The van der Waals surface area contributed by atoms with Crippen LogP contribution in [0, 0.1) is 11.6 Å². The summed E-state index contributed by atoms with van der Waals surface area (Å²) in [6, 6.07) is 4.03. The number of halogens is 5. The minimum Gasteiger partial charge on any atom is -0.384 e. The molecule has 0 radical (unpaired) electrons. The van der Waals surface area contributed by atoms with Crippen LogP contribution in [-0.4, -0.2) is 9.97 Å². The molecule has 1 aromatic carbocycles. The zero-order chi connectivity index (χ0) is 14.2. The van der Waals surface area contributed by atoms with Crippen LogP contribution in [0.4, 0.5) is 27.8 Å². The summed E-state index contributed by atoms with van der Waals surface area (Å²) >= 11 is 0. The van der Waals surface area contributed by atoms with Gasteiger partial charge in [0.25, 0.3) is 0 Å². The lowest BCUT2D eigenvalue weighted by molar-refractivity contribution is -0.144. The number of rotatable bonds is 1. The second-order valence-electron chi connectivity index (χ2n) is 3.60. The smallest absolute Gasteiger partial charge is 0.384 e. The van der Waals surface area contributed by atoms with E-state index in [1.54, 1.807) is 0 Å². The quantitative estimate of drug-likeness (QED) is 0.814. The van der Waals surface area contributed by atoms with Crippen molar-refractivity contribution in [1.82, 2.24) is 9.97 Å². The number of nitrogens with two attached hydrogens (primary N) is 1. The first-order chi connectivity index (χ1) is 8.79. The van der Waals surface area contributed by atoms with E-state index in [1.165, 1.54) is 0 Å². The third-order valence-corrected chi connectivity index (χ3v) is 2.23. The van der Waals surface area contributed by atoms with Gasteiger partial charge in [0, 0.05) is 11.6 Å². The Kier molecular flexibility index (Phi) is 3.09. The monoisotopic (exact) mass is 275 g/mol. The number of hydrogen-bond acceptors (Lipinski definition) is 3. The molecule has 0 aliphatic heterocycles. The Morgan fingerprint density at radius 2 is 1.74 bits per heavy atom. The molecule has 0 bridgehead atoms. The lowest BCUT2D eigenvalue weighted by Crippen LogP contribution is -2.13. The molecule has 0 aliphatic rings. The molecule has 1 heterocycles. The van der Waals surface area contributed by atoms with Crippen LogP contribution in [0.2, 0.25) is 0 Å². The van der Waals surface area contributed by atoms with E-state index in [0.29, 0.717) is 0 Å². The summed E-state index contributed by atoms with van der Waals surface area (Å²) in [5.41, 5.74) is 4.36. The van der Waals surface area contributed by atoms with Crippen LogP contribution in [0.15, 0.2) is 24.3 Å². The van der Waals surface area contributed by atoms with Crippen molar-refractivity contribution in [3.05, 3.63) is 41.7 Å². The van der Waals surface area contributed by atoms with Crippen LogP contribution < -0.4 is 5.73 Å². The Labute approximate surface area is 103 Å². The van der Waals surface area contributed by atoms with E-state index in [1.807, 2.05) is 0 Å². The van der Waals surface area contributed by atoms with Gasteiger partial charge < -0.3 is 5.73 Å². The van der Waals surface area contributed by atoms with Crippen molar-refractivity contribution in [3.8, 4) is 11.3 Å². The molecule has 0 saturated heterocycles. The summed E-state index contributed by atoms with van der Waals surface area (Å²) in [5.74, 6) is -4.48. The second-order valence-corrected chi connectivity index (χ2v) is 3.60. The fourth-order valence-corrected chi connectivity index (χ4v) is 1.43. The van der Waals surface area contributed by atoms with Gasteiger partial charge in [-0.2, -0.15) is 13.2 Å². The summed E-state index contributed by atoms with van der Waals surface area (Å²) in [6.45, 7) is 0. The maximum atomic E-state index is 13.5. The maximum Gasteiger partial charge on any atom is 0.451 e. The van der Waals surface area contributed by atoms with Crippen molar-refractivity contribution in [3.63, 3.8) is 0 Å². The minimum atomic E-state index is -4.83. The Bertz CT molecular complexity index is 624. The Hall–Kier alpha value is -2.25. The first kappa shape index (κ1) is 13.2. The normalized spacial score (nSPS) is 11.6. The molecule has 2 N–H and O–H groups in total. The molecule has 3 nitrogen and oxygen atoms in total. The zero-order valence-corrected chi connectivity index (χ0v) is 9.17. The second kappa shape index (κ2) is 4.45. The molecule has 0 saturated carbocycles. The molecule has 2 rings (SSSR count). The highest BCUT2D eigenvalue weighted by Gasteiger charge is 2.35. The minimum absolute atomic E-state index is 0.417. The molecule has 0 fully saturated rings. The van der Waals surface area contributed by atoms with Gasteiger partial charge in [0.2, 0.25) is 5.82 Å². The highest BCUT2D eigenvalue weighted by Crippen LogP contribution is 2.30. The van der Waals surface area contributed by atoms with Crippen LogP contribution in [0.25, 0.3) is 11.3 Å². The average molecular weight is 275 g/mol. The van der Waals surface area contributed by atoms with Crippen LogP contribution in [0.3, 0.4) is 0 Å². The fraction of sp³-hybridized carbons (Fsp3) is 0.0909. The van der Waals surface area contributed by atoms with E-state index in [4.69, 9.17) is 5.73 Å². The van der Waals surface area contributed by atoms with Gasteiger partial charge in [-0.3, -0.25) is 0 Å². The van der Waals surface area contributed by atoms with Crippen LogP contribution >= 0.6 is 0 Å². The van der Waals surface area contributed by atoms with Gasteiger partial charge in [0.05, 0.1) is 5.69 Å². The Morgan fingerprint density at radius 1 is 1.05 bits per heavy atom. The van der Waals surface area contributed by atoms with E-state index in [9.17, 15) is 22.0 Å². The molecular formula is C11H6F5N3. The summed E-state index contributed by atoms with van der Waals surface area (Å²) in [6.07, 6.45) is -4.83. The number of nitrogen functional groups attached to an aromatic ring is 1. The van der Waals surface area contributed by atoms with E-state index in [-0.39, 0.29) is 0 Å². The number of anilines is 1. The largest absolute Gasteiger partial charge is 0.451 e. The zero-order valence-electron chi connectivity index (χ0n) is 9.17. The van der Waals surface area contributed by atoms with E-state index < -0.39 is 40.7 Å². The fourth-order valence-electron chi connectivity index (χ4n) is 1.43. The Balaban J connectivity index is 2.63. The van der Waals surface area contributed by atoms with Gasteiger partial charge in [-0.15, -0.1) is 0 Å². The van der Waals surface area contributed by atoms with Crippen molar-refractivity contribution in [2.75, 3.05) is 5.73 Å². The van der Waals surface area contributed by atoms with Crippen LogP contribution in [-0.2, 0) is 6.18 Å². The number of benzene rings is 1.